The van der Waals surface area contributed by atoms with Crippen LogP contribution in [0, 0.1) is 0 Å². The third-order valence-electron chi connectivity index (χ3n) is 1.72. The fraction of sp³-hybridized carbons (Fsp3) is 0.750. The summed E-state index contributed by atoms with van der Waals surface area (Å²) in [4.78, 5) is 14.7. The first-order valence-electron chi connectivity index (χ1n) is 4.56. The highest BCUT2D eigenvalue weighted by Gasteiger charge is 2.33. The molecule has 0 heterocycles. The van der Waals surface area contributed by atoms with Crippen LogP contribution in [0.15, 0.2) is 4.99 Å². The number of guanidine groups is 1. The number of nitrogens with zero attached hydrogens (tertiary/aromatic N) is 1. The van der Waals surface area contributed by atoms with Crippen molar-refractivity contribution in [3.05, 3.63) is 0 Å². The van der Waals surface area contributed by atoms with Crippen molar-refractivity contribution in [1.29, 1.82) is 0 Å². The van der Waals surface area contributed by atoms with Crippen LogP contribution in [0.4, 0.5) is 0 Å². The first-order valence-corrected chi connectivity index (χ1v) is 5.72. The van der Waals surface area contributed by atoms with E-state index < -0.39 is 11.5 Å². The van der Waals surface area contributed by atoms with E-state index in [4.69, 9.17) is 27.0 Å². The number of methoxy groups -OCH3 is 1. The summed E-state index contributed by atoms with van der Waals surface area (Å²) in [5, 5.41) is 8.92. The number of aliphatic carboxylic acids is 1. The number of carbonyl (C=O) groups is 1. The molecule has 0 rings (SSSR count). The Morgan fingerprint density at radius 2 is 2.00 bits per heavy atom. The Morgan fingerprint density at radius 1 is 1.44 bits per heavy atom. The number of aliphatic imine (C=N–C) groups is 1. The molecule has 0 aliphatic rings. The van der Waals surface area contributed by atoms with Crippen LogP contribution in [0.3, 0.4) is 0 Å². The molecule has 0 aromatic heterocycles. The molecule has 0 bridgehead atoms. The van der Waals surface area contributed by atoms with Crippen LogP contribution in [-0.4, -0.2) is 54.3 Å². The van der Waals surface area contributed by atoms with Crippen molar-refractivity contribution in [3.8, 4) is 0 Å². The van der Waals surface area contributed by atoms with Crippen molar-refractivity contribution in [2.45, 2.75) is 5.54 Å². The summed E-state index contributed by atoms with van der Waals surface area (Å²) in [7, 11) is 1.41. The molecule has 0 aromatic rings. The van der Waals surface area contributed by atoms with Crippen LogP contribution < -0.4 is 17.2 Å². The van der Waals surface area contributed by atoms with Gasteiger partial charge in [0.2, 0.25) is 0 Å². The van der Waals surface area contributed by atoms with E-state index in [2.05, 4.69) is 4.99 Å². The van der Waals surface area contributed by atoms with Gasteiger partial charge in [-0.2, -0.15) is 11.8 Å². The Hall–Kier alpha value is -0.410. The number of carboxylic acids is 1. The summed E-state index contributed by atoms with van der Waals surface area (Å²) in [5.41, 5.74) is 14.6. The highest BCUT2D eigenvalue weighted by atomic mass is 35.5. The van der Waals surface area contributed by atoms with E-state index in [0.717, 1.165) is 0 Å². The molecule has 1 atom stereocenters. The molecular formula is C8H20Cl2N4O3S. The fourth-order valence-corrected chi connectivity index (χ4v) is 1.85. The van der Waals surface area contributed by atoms with Gasteiger partial charge in [0.25, 0.3) is 0 Å². The van der Waals surface area contributed by atoms with Gasteiger partial charge in [-0.25, -0.2) is 0 Å². The highest BCUT2D eigenvalue weighted by molar-refractivity contribution is 7.99. The highest BCUT2D eigenvalue weighted by Crippen LogP contribution is 2.12. The van der Waals surface area contributed by atoms with Gasteiger partial charge in [-0.15, -0.1) is 24.8 Å². The lowest BCUT2D eigenvalue weighted by atomic mass is 10.1. The minimum atomic E-state index is -1.36. The summed E-state index contributed by atoms with van der Waals surface area (Å²) in [6, 6.07) is 0. The van der Waals surface area contributed by atoms with Crippen LogP contribution in [0.1, 0.15) is 0 Å². The van der Waals surface area contributed by atoms with Crippen LogP contribution in [0.2, 0.25) is 0 Å². The molecule has 10 heteroatoms. The lowest BCUT2D eigenvalue weighted by Crippen LogP contribution is -2.54. The van der Waals surface area contributed by atoms with Crippen molar-refractivity contribution >= 4 is 48.5 Å². The Bertz CT molecular complexity index is 267. The largest absolute Gasteiger partial charge is 0.480 e. The minimum Gasteiger partial charge on any atom is -0.480 e. The third-order valence-corrected chi connectivity index (χ3v) is 2.91. The molecule has 0 fully saturated rings. The average Bonchev–Trinajstić information content (AvgIpc) is 2.17. The molecule has 0 saturated heterocycles. The van der Waals surface area contributed by atoms with Crippen LogP contribution in [-0.2, 0) is 9.53 Å². The summed E-state index contributed by atoms with van der Waals surface area (Å²) in [6.07, 6.45) is 0. The molecule has 0 amide bonds. The van der Waals surface area contributed by atoms with Gasteiger partial charge in [-0.3, -0.25) is 9.79 Å². The van der Waals surface area contributed by atoms with Gasteiger partial charge < -0.3 is 27.0 Å². The summed E-state index contributed by atoms with van der Waals surface area (Å²) >= 11 is 1.37. The number of hydrogen-bond acceptors (Lipinski definition) is 5. The molecule has 0 radical (unpaired) electrons. The predicted octanol–water partition coefficient (Wildman–Crippen LogP) is -0.735. The molecule has 0 aromatic carbocycles. The van der Waals surface area contributed by atoms with E-state index >= 15 is 0 Å². The molecular weight excluding hydrogens is 303 g/mol. The molecule has 7 N–H and O–H groups in total. The topological polar surface area (TPSA) is 137 Å². The Morgan fingerprint density at radius 3 is 2.39 bits per heavy atom. The van der Waals surface area contributed by atoms with Gasteiger partial charge in [-0.05, 0) is 0 Å². The van der Waals surface area contributed by atoms with Crippen molar-refractivity contribution in [2.24, 2.45) is 22.2 Å². The second-order valence-corrected chi connectivity index (χ2v) is 4.36. The maximum absolute atomic E-state index is 10.9. The zero-order valence-electron chi connectivity index (χ0n) is 10.00. The van der Waals surface area contributed by atoms with Gasteiger partial charge in [0.1, 0.15) is 5.54 Å². The van der Waals surface area contributed by atoms with E-state index in [0.29, 0.717) is 12.3 Å². The maximum atomic E-state index is 10.9. The maximum Gasteiger partial charge on any atom is 0.326 e. The SMILES string of the molecule is COC[C@](N)(CSCCN=C(N)N)C(=O)O.Cl.Cl. The van der Waals surface area contributed by atoms with Crippen molar-refractivity contribution in [3.63, 3.8) is 0 Å². The Labute approximate surface area is 123 Å². The van der Waals surface area contributed by atoms with Gasteiger partial charge >= 0.3 is 5.97 Å². The number of thioether (sulfide) groups is 1. The summed E-state index contributed by atoms with van der Waals surface area (Å²) < 4.78 is 4.78. The third kappa shape index (κ3) is 9.60. The van der Waals surface area contributed by atoms with Crippen LogP contribution in [0.25, 0.3) is 0 Å². The van der Waals surface area contributed by atoms with E-state index in [-0.39, 0.29) is 43.1 Å². The second-order valence-electron chi connectivity index (χ2n) is 3.25. The van der Waals surface area contributed by atoms with E-state index in [9.17, 15) is 4.79 Å². The van der Waals surface area contributed by atoms with E-state index in [1.807, 2.05) is 0 Å². The molecule has 0 unspecified atom stereocenters. The van der Waals surface area contributed by atoms with E-state index in [1.54, 1.807) is 0 Å². The normalized spacial score (nSPS) is 12.6. The number of rotatable bonds is 8. The first kappa shape index (κ1) is 22.7. The lowest BCUT2D eigenvalue weighted by Gasteiger charge is -2.22. The Balaban J connectivity index is -0.00000112. The second kappa shape index (κ2) is 11.7. The lowest BCUT2D eigenvalue weighted by molar-refractivity contribution is -0.144. The average molecular weight is 323 g/mol. The molecule has 0 saturated carbocycles. The Kier molecular flexibility index (Phi) is 14.7. The van der Waals surface area contributed by atoms with E-state index in [1.165, 1.54) is 18.9 Å². The standard InChI is InChI=1S/C8H18N4O3S.2ClH/c1-15-4-8(11,6(13)14)5-16-3-2-12-7(9)10;;/h2-5,11H2,1H3,(H,13,14)(H4,9,10,12);2*1H/t8-;;/m0../s1. The summed E-state index contributed by atoms with van der Waals surface area (Å²) in [6.45, 7) is 0.410. The van der Waals surface area contributed by atoms with Gasteiger partial charge in [0, 0.05) is 18.6 Å². The number of nitrogens with two attached hydrogens (primary N) is 3. The number of ether oxygens (including phenoxy) is 1. The van der Waals surface area contributed by atoms with Crippen molar-refractivity contribution < 1.29 is 14.6 Å². The zero-order chi connectivity index (χ0) is 12.6. The van der Waals surface area contributed by atoms with Gasteiger partial charge in [0.05, 0.1) is 13.2 Å². The molecule has 0 aliphatic heterocycles. The quantitative estimate of drug-likeness (QED) is 0.262. The van der Waals surface area contributed by atoms with Crippen LogP contribution in [0.5, 0.6) is 0 Å². The first-order chi connectivity index (χ1) is 7.42. The molecule has 18 heavy (non-hydrogen) atoms. The number of halogens is 2. The van der Waals surface area contributed by atoms with Crippen molar-refractivity contribution in [1.82, 2.24) is 0 Å². The number of hydrogen-bond donors (Lipinski definition) is 4. The molecule has 0 spiro atoms. The minimum absolute atomic E-state index is 0. The molecule has 7 nitrogen and oxygen atoms in total. The van der Waals surface area contributed by atoms with Gasteiger partial charge in [0.15, 0.2) is 5.96 Å². The zero-order valence-corrected chi connectivity index (χ0v) is 12.4. The summed E-state index contributed by atoms with van der Waals surface area (Å²) in [5.74, 6) is -0.206. The molecule has 110 valence electrons. The predicted molar refractivity (Wildman–Crippen MR) is 78.9 cm³/mol. The fourth-order valence-electron chi connectivity index (χ4n) is 0.916. The van der Waals surface area contributed by atoms with Crippen molar-refractivity contribution in [2.75, 3.05) is 31.8 Å². The molecule has 0 aliphatic carbocycles. The number of carboxylic acid groups (broad SMARTS) is 1. The van der Waals surface area contributed by atoms with Crippen LogP contribution >= 0.6 is 36.6 Å². The monoisotopic (exact) mass is 322 g/mol. The smallest absolute Gasteiger partial charge is 0.326 e. The van der Waals surface area contributed by atoms with Gasteiger partial charge in [-0.1, -0.05) is 0 Å².